The minimum absolute atomic E-state index is 0.0131. The first-order chi connectivity index (χ1) is 9.54. The SMILES string of the molecule is CCC(C)N1C(=O)CC(NCC2CCCCN2C)C1=O. The predicted molar refractivity (Wildman–Crippen MR) is 78.3 cm³/mol. The first-order valence-electron chi connectivity index (χ1n) is 7.84. The quantitative estimate of drug-likeness (QED) is 0.764. The van der Waals surface area contributed by atoms with Gasteiger partial charge in [0.05, 0.1) is 12.5 Å². The molecule has 0 saturated carbocycles. The van der Waals surface area contributed by atoms with Gasteiger partial charge in [-0.05, 0) is 39.8 Å². The van der Waals surface area contributed by atoms with Crippen molar-refractivity contribution in [3.05, 3.63) is 0 Å². The van der Waals surface area contributed by atoms with Crippen molar-refractivity contribution in [3.63, 3.8) is 0 Å². The summed E-state index contributed by atoms with van der Waals surface area (Å²) in [6.07, 6.45) is 4.82. The van der Waals surface area contributed by atoms with Crippen molar-refractivity contribution in [1.29, 1.82) is 0 Å². The number of likely N-dealkylation sites (N-methyl/N-ethyl adjacent to an activating group) is 1. The van der Waals surface area contributed by atoms with Crippen LogP contribution in [0.3, 0.4) is 0 Å². The molecule has 5 nitrogen and oxygen atoms in total. The molecule has 0 radical (unpaired) electrons. The molecule has 20 heavy (non-hydrogen) atoms. The Hall–Kier alpha value is -0.940. The van der Waals surface area contributed by atoms with Gasteiger partial charge in [0.15, 0.2) is 0 Å². The molecule has 0 aliphatic carbocycles. The Morgan fingerprint density at radius 1 is 1.35 bits per heavy atom. The number of piperidine rings is 1. The minimum atomic E-state index is -0.313. The molecule has 0 aromatic carbocycles. The fraction of sp³-hybridized carbons (Fsp3) is 0.867. The average molecular weight is 281 g/mol. The van der Waals surface area contributed by atoms with Gasteiger partial charge in [-0.25, -0.2) is 0 Å². The lowest BCUT2D eigenvalue weighted by molar-refractivity contribution is -0.141. The largest absolute Gasteiger partial charge is 0.304 e. The van der Waals surface area contributed by atoms with Gasteiger partial charge in [0.25, 0.3) is 0 Å². The highest BCUT2D eigenvalue weighted by Gasteiger charge is 2.40. The summed E-state index contributed by atoms with van der Waals surface area (Å²) in [5.41, 5.74) is 0. The smallest absolute Gasteiger partial charge is 0.247 e. The Bertz CT molecular complexity index is 372. The molecular formula is C15H27N3O2. The van der Waals surface area contributed by atoms with Crippen LogP contribution in [0.4, 0.5) is 0 Å². The van der Waals surface area contributed by atoms with E-state index in [0.29, 0.717) is 12.5 Å². The van der Waals surface area contributed by atoms with E-state index < -0.39 is 0 Å². The van der Waals surface area contributed by atoms with Gasteiger partial charge in [0, 0.05) is 18.6 Å². The number of amides is 2. The highest BCUT2D eigenvalue weighted by atomic mass is 16.2. The Morgan fingerprint density at radius 2 is 2.10 bits per heavy atom. The highest BCUT2D eigenvalue weighted by molar-refractivity contribution is 6.05. The summed E-state index contributed by atoms with van der Waals surface area (Å²) in [6.45, 7) is 5.87. The lowest BCUT2D eigenvalue weighted by Gasteiger charge is -2.33. The van der Waals surface area contributed by atoms with Gasteiger partial charge in [0.1, 0.15) is 0 Å². The van der Waals surface area contributed by atoms with Crippen LogP contribution in [-0.4, -0.2) is 59.9 Å². The van der Waals surface area contributed by atoms with Crippen molar-refractivity contribution in [2.75, 3.05) is 20.1 Å². The predicted octanol–water partition coefficient (Wildman–Crippen LogP) is 0.986. The van der Waals surface area contributed by atoms with Crippen molar-refractivity contribution < 1.29 is 9.59 Å². The summed E-state index contributed by atoms with van der Waals surface area (Å²) >= 11 is 0. The van der Waals surface area contributed by atoms with E-state index in [1.807, 2.05) is 13.8 Å². The second kappa shape index (κ2) is 6.68. The lowest BCUT2D eigenvalue weighted by Crippen LogP contribution is -2.48. The van der Waals surface area contributed by atoms with E-state index in [4.69, 9.17) is 0 Å². The number of nitrogens with one attached hydrogen (secondary N) is 1. The number of imide groups is 1. The fourth-order valence-electron chi connectivity index (χ4n) is 3.14. The maximum absolute atomic E-state index is 12.3. The Morgan fingerprint density at radius 3 is 2.75 bits per heavy atom. The molecule has 3 unspecified atom stereocenters. The summed E-state index contributed by atoms with van der Waals surface area (Å²) in [6, 6.07) is 0.190. The number of nitrogens with zero attached hydrogens (tertiary/aromatic N) is 2. The summed E-state index contributed by atoms with van der Waals surface area (Å²) in [7, 11) is 2.14. The van der Waals surface area contributed by atoms with Crippen LogP contribution in [0.1, 0.15) is 46.0 Å². The van der Waals surface area contributed by atoms with Crippen LogP contribution in [0.2, 0.25) is 0 Å². The zero-order chi connectivity index (χ0) is 14.7. The second-order valence-electron chi connectivity index (χ2n) is 6.15. The molecule has 1 N–H and O–H groups in total. The van der Waals surface area contributed by atoms with Crippen LogP contribution in [0.15, 0.2) is 0 Å². The van der Waals surface area contributed by atoms with E-state index in [0.717, 1.165) is 19.5 Å². The standard InChI is InChI=1S/C15H27N3O2/c1-4-11(2)18-14(19)9-13(15(18)20)16-10-12-7-5-6-8-17(12)3/h11-13,16H,4-10H2,1-3H3. The number of carbonyl (C=O) groups is 2. The highest BCUT2D eigenvalue weighted by Crippen LogP contribution is 2.19. The van der Waals surface area contributed by atoms with Crippen LogP contribution in [-0.2, 0) is 9.59 Å². The van der Waals surface area contributed by atoms with Crippen molar-refractivity contribution in [2.24, 2.45) is 0 Å². The summed E-state index contributed by atoms with van der Waals surface area (Å²) in [5.74, 6) is -0.0679. The molecule has 2 aliphatic heterocycles. The van der Waals surface area contributed by atoms with Crippen molar-refractivity contribution in [3.8, 4) is 0 Å². The zero-order valence-corrected chi connectivity index (χ0v) is 12.9. The van der Waals surface area contributed by atoms with E-state index in [9.17, 15) is 9.59 Å². The molecule has 2 fully saturated rings. The van der Waals surface area contributed by atoms with Gasteiger partial charge < -0.3 is 10.2 Å². The maximum atomic E-state index is 12.3. The zero-order valence-electron chi connectivity index (χ0n) is 12.9. The molecule has 2 heterocycles. The second-order valence-corrected chi connectivity index (χ2v) is 6.15. The van der Waals surface area contributed by atoms with E-state index in [2.05, 4.69) is 17.3 Å². The van der Waals surface area contributed by atoms with E-state index in [-0.39, 0.29) is 23.9 Å². The number of carbonyl (C=O) groups excluding carboxylic acids is 2. The van der Waals surface area contributed by atoms with Gasteiger partial charge in [0.2, 0.25) is 11.8 Å². The summed E-state index contributed by atoms with van der Waals surface area (Å²) < 4.78 is 0. The molecule has 2 aliphatic rings. The molecule has 0 aromatic rings. The molecule has 2 rings (SSSR count). The molecule has 5 heteroatoms. The minimum Gasteiger partial charge on any atom is -0.304 e. The lowest BCUT2D eigenvalue weighted by atomic mass is 10.0. The van der Waals surface area contributed by atoms with Crippen molar-refractivity contribution in [2.45, 2.75) is 64.1 Å². The molecule has 0 spiro atoms. The average Bonchev–Trinajstić information content (AvgIpc) is 2.72. The molecular weight excluding hydrogens is 254 g/mol. The first-order valence-corrected chi connectivity index (χ1v) is 7.84. The van der Waals surface area contributed by atoms with Gasteiger partial charge in [-0.2, -0.15) is 0 Å². The number of likely N-dealkylation sites (tertiary alicyclic amines) is 2. The molecule has 114 valence electrons. The third-order valence-electron chi connectivity index (χ3n) is 4.74. The van der Waals surface area contributed by atoms with Gasteiger partial charge in [-0.15, -0.1) is 0 Å². The van der Waals surface area contributed by atoms with E-state index in [1.54, 1.807) is 0 Å². The summed E-state index contributed by atoms with van der Waals surface area (Å²) in [5, 5.41) is 3.32. The Kier molecular flexibility index (Phi) is 5.16. The van der Waals surface area contributed by atoms with Crippen LogP contribution in [0.25, 0.3) is 0 Å². The fourth-order valence-corrected chi connectivity index (χ4v) is 3.14. The van der Waals surface area contributed by atoms with Gasteiger partial charge in [-0.3, -0.25) is 14.5 Å². The van der Waals surface area contributed by atoms with Crippen LogP contribution < -0.4 is 5.32 Å². The van der Waals surface area contributed by atoms with Crippen LogP contribution in [0.5, 0.6) is 0 Å². The van der Waals surface area contributed by atoms with E-state index in [1.165, 1.54) is 24.2 Å². The van der Waals surface area contributed by atoms with Crippen molar-refractivity contribution in [1.82, 2.24) is 15.1 Å². The van der Waals surface area contributed by atoms with Crippen molar-refractivity contribution >= 4 is 11.8 Å². The van der Waals surface area contributed by atoms with E-state index >= 15 is 0 Å². The Labute approximate surface area is 121 Å². The monoisotopic (exact) mass is 281 g/mol. The number of hydrogen-bond acceptors (Lipinski definition) is 4. The molecule has 2 saturated heterocycles. The first kappa shape index (κ1) is 15.4. The molecule has 2 amide bonds. The Balaban J connectivity index is 1.88. The van der Waals surface area contributed by atoms with Crippen LogP contribution >= 0.6 is 0 Å². The molecule has 3 atom stereocenters. The topological polar surface area (TPSA) is 52.7 Å². The number of hydrogen-bond donors (Lipinski definition) is 1. The molecule has 0 bridgehead atoms. The third kappa shape index (κ3) is 3.20. The van der Waals surface area contributed by atoms with Gasteiger partial charge in [-0.1, -0.05) is 13.3 Å². The third-order valence-corrected chi connectivity index (χ3v) is 4.74. The summed E-state index contributed by atoms with van der Waals surface area (Å²) in [4.78, 5) is 28.1. The van der Waals surface area contributed by atoms with Crippen LogP contribution in [0, 0.1) is 0 Å². The van der Waals surface area contributed by atoms with Gasteiger partial charge >= 0.3 is 0 Å². The normalized spacial score (nSPS) is 30.1. The maximum Gasteiger partial charge on any atom is 0.247 e. The number of rotatable bonds is 5. The molecule has 0 aromatic heterocycles.